The van der Waals surface area contributed by atoms with Gasteiger partial charge in [-0.25, -0.2) is 8.78 Å². The zero-order valence-corrected chi connectivity index (χ0v) is 12.2. The lowest BCUT2D eigenvalue weighted by molar-refractivity contribution is -0.137. The van der Waals surface area contributed by atoms with Crippen LogP contribution in [0.2, 0.25) is 0 Å². The van der Waals surface area contributed by atoms with E-state index in [-0.39, 0.29) is 17.5 Å². The third kappa shape index (κ3) is 3.39. The number of hydrogen-bond donors (Lipinski definition) is 1. The third-order valence-corrected chi connectivity index (χ3v) is 3.98. The minimum atomic E-state index is -4.40. The Hall–Kier alpha value is -2.44. The standard InChI is InChI=1S/C17H12F5NO/c18-14-6-5-11(7-15(14)19)23-16(24)13-8-12(13)9-1-3-10(4-2-9)17(20,21)22/h1-7,12-13H,8H2,(H,23,24). The smallest absolute Gasteiger partial charge is 0.326 e. The van der Waals surface area contributed by atoms with Crippen molar-refractivity contribution < 1.29 is 26.7 Å². The maximum absolute atomic E-state index is 13.1. The molecule has 0 saturated heterocycles. The van der Waals surface area contributed by atoms with Crippen molar-refractivity contribution in [1.82, 2.24) is 0 Å². The maximum Gasteiger partial charge on any atom is 0.416 e. The molecule has 1 N–H and O–H groups in total. The Bertz CT molecular complexity index is 770. The lowest BCUT2D eigenvalue weighted by Crippen LogP contribution is -2.14. The summed E-state index contributed by atoms with van der Waals surface area (Å²) in [6.45, 7) is 0. The van der Waals surface area contributed by atoms with Gasteiger partial charge in [0.1, 0.15) is 0 Å². The van der Waals surface area contributed by atoms with E-state index in [4.69, 9.17) is 0 Å². The molecule has 1 amide bonds. The van der Waals surface area contributed by atoms with E-state index >= 15 is 0 Å². The topological polar surface area (TPSA) is 29.1 Å². The third-order valence-electron chi connectivity index (χ3n) is 3.98. The van der Waals surface area contributed by atoms with Crippen LogP contribution in [-0.2, 0) is 11.0 Å². The number of carbonyl (C=O) groups excluding carboxylic acids is 1. The highest BCUT2D eigenvalue weighted by atomic mass is 19.4. The van der Waals surface area contributed by atoms with Crippen LogP contribution >= 0.6 is 0 Å². The Kier molecular flexibility index (Phi) is 4.03. The van der Waals surface area contributed by atoms with Crippen LogP contribution < -0.4 is 5.32 Å². The van der Waals surface area contributed by atoms with E-state index in [9.17, 15) is 26.7 Å². The van der Waals surface area contributed by atoms with Gasteiger partial charge in [0.15, 0.2) is 11.6 Å². The molecule has 7 heteroatoms. The van der Waals surface area contributed by atoms with Crippen LogP contribution in [0.1, 0.15) is 23.5 Å². The summed E-state index contributed by atoms with van der Waals surface area (Å²) in [6, 6.07) is 7.71. The summed E-state index contributed by atoms with van der Waals surface area (Å²) in [5.41, 5.74) is 0.0418. The van der Waals surface area contributed by atoms with Gasteiger partial charge >= 0.3 is 6.18 Å². The molecule has 2 aromatic carbocycles. The monoisotopic (exact) mass is 341 g/mol. The van der Waals surface area contributed by atoms with Crippen LogP contribution in [0.25, 0.3) is 0 Å². The number of halogens is 5. The van der Waals surface area contributed by atoms with Gasteiger partial charge < -0.3 is 5.32 Å². The second kappa shape index (κ2) is 5.89. The van der Waals surface area contributed by atoms with Gasteiger partial charge in [-0.15, -0.1) is 0 Å². The highest BCUT2D eigenvalue weighted by molar-refractivity contribution is 5.95. The number of alkyl halides is 3. The van der Waals surface area contributed by atoms with E-state index in [1.165, 1.54) is 18.2 Å². The first-order valence-corrected chi connectivity index (χ1v) is 7.19. The number of rotatable bonds is 3. The molecule has 3 rings (SSSR count). The predicted molar refractivity (Wildman–Crippen MR) is 77.3 cm³/mol. The number of amides is 1. The number of anilines is 1. The van der Waals surface area contributed by atoms with E-state index in [0.29, 0.717) is 12.0 Å². The molecule has 2 nitrogen and oxygen atoms in total. The summed E-state index contributed by atoms with van der Waals surface area (Å²) >= 11 is 0. The largest absolute Gasteiger partial charge is 0.416 e. The van der Waals surface area contributed by atoms with Crippen LogP contribution in [0.5, 0.6) is 0 Å². The first-order chi connectivity index (χ1) is 11.3. The molecule has 2 atom stereocenters. The molecule has 1 fully saturated rings. The van der Waals surface area contributed by atoms with Gasteiger partial charge in [0, 0.05) is 17.7 Å². The second-order valence-electron chi connectivity index (χ2n) is 5.69. The summed E-state index contributed by atoms with van der Waals surface area (Å²) < 4.78 is 63.5. The highest BCUT2D eigenvalue weighted by Gasteiger charge is 2.44. The quantitative estimate of drug-likeness (QED) is 0.804. The lowest BCUT2D eigenvalue weighted by atomic mass is 10.1. The predicted octanol–water partition coefficient (Wildman–Crippen LogP) is 4.73. The highest BCUT2D eigenvalue weighted by Crippen LogP contribution is 2.48. The molecule has 1 aliphatic rings. The average molecular weight is 341 g/mol. The van der Waals surface area contributed by atoms with Crippen molar-refractivity contribution in [2.45, 2.75) is 18.5 Å². The van der Waals surface area contributed by atoms with E-state index in [1.54, 1.807) is 0 Å². The number of hydrogen-bond acceptors (Lipinski definition) is 1. The van der Waals surface area contributed by atoms with Crippen molar-refractivity contribution >= 4 is 11.6 Å². The van der Waals surface area contributed by atoms with E-state index in [2.05, 4.69) is 5.32 Å². The molecular weight excluding hydrogens is 329 g/mol. The van der Waals surface area contributed by atoms with Crippen molar-refractivity contribution in [2.24, 2.45) is 5.92 Å². The summed E-state index contributed by atoms with van der Waals surface area (Å²) in [6.07, 6.45) is -3.90. The van der Waals surface area contributed by atoms with Crippen LogP contribution in [0, 0.1) is 17.6 Å². The number of carbonyl (C=O) groups is 1. The molecular formula is C17H12F5NO. The summed E-state index contributed by atoms with van der Waals surface area (Å²) in [5, 5.41) is 2.48. The van der Waals surface area contributed by atoms with Gasteiger partial charge in [0.25, 0.3) is 0 Å². The van der Waals surface area contributed by atoms with Crippen molar-refractivity contribution in [2.75, 3.05) is 5.32 Å². The fraction of sp³-hybridized carbons (Fsp3) is 0.235. The molecule has 0 radical (unpaired) electrons. The van der Waals surface area contributed by atoms with E-state index in [1.807, 2.05) is 0 Å². The Balaban J connectivity index is 1.64. The van der Waals surface area contributed by atoms with Crippen LogP contribution in [0.3, 0.4) is 0 Å². The van der Waals surface area contributed by atoms with Gasteiger partial charge in [0.05, 0.1) is 5.56 Å². The fourth-order valence-electron chi connectivity index (χ4n) is 2.58. The fourth-order valence-corrected chi connectivity index (χ4v) is 2.58. The first kappa shape index (κ1) is 16.4. The van der Waals surface area contributed by atoms with Crippen molar-refractivity contribution in [1.29, 1.82) is 0 Å². The molecule has 0 bridgehead atoms. The minimum Gasteiger partial charge on any atom is -0.326 e. The van der Waals surface area contributed by atoms with Gasteiger partial charge in [-0.3, -0.25) is 4.79 Å². The molecule has 1 aliphatic carbocycles. The van der Waals surface area contributed by atoms with Crippen molar-refractivity contribution in [3.63, 3.8) is 0 Å². The average Bonchev–Trinajstić information content (AvgIpc) is 3.31. The molecule has 24 heavy (non-hydrogen) atoms. The second-order valence-corrected chi connectivity index (χ2v) is 5.69. The maximum atomic E-state index is 13.1. The normalized spacial score (nSPS) is 19.9. The summed E-state index contributed by atoms with van der Waals surface area (Å²) in [5.74, 6) is -3.01. The van der Waals surface area contributed by atoms with Gasteiger partial charge in [0.2, 0.25) is 5.91 Å². The molecule has 0 spiro atoms. The molecule has 0 heterocycles. The first-order valence-electron chi connectivity index (χ1n) is 7.19. The Morgan fingerprint density at radius 3 is 2.25 bits per heavy atom. The van der Waals surface area contributed by atoms with Crippen molar-refractivity contribution in [3.05, 3.63) is 65.2 Å². The molecule has 1 saturated carbocycles. The van der Waals surface area contributed by atoms with Gasteiger partial charge in [-0.2, -0.15) is 13.2 Å². The van der Waals surface area contributed by atoms with E-state index in [0.717, 1.165) is 24.3 Å². The van der Waals surface area contributed by atoms with Crippen LogP contribution in [0.4, 0.5) is 27.6 Å². The summed E-state index contributed by atoms with van der Waals surface area (Å²) in [4.78, 5) is 12.1. The van der Waals surface area contributed by atoms with Crippen LogP contribution in [0.15, 0.2) is 42.5 Å². The number of nitrogens with one attached hydrogen (secondary N) is 1. The SMILES string of the molecule is O=C(Nc1ccc(F)c(F)c1)C1CC1c1ccc(C(F)(F)F)cc1. The summed E-state index contributed by atoms with van der Waals surface area (Å²) in [7, 11) is 0. The van der Waals surface area contributed by atoms with Crippen molar-refractivity contribution in [3.8, 4) is 0 Å². The zero-order chi connectivity index (χ0) is 17.5. The lowest BCUT2D eigenvalue weighted by Gasteiger charge is -2.08. The molecule has 126 valence electrons. The Morgan fingerprint density at radius 2 is 1.67 bits per heavy atom. The molecule has 0 aliphatic heterocycles. The molecule has 0 aromatic heterocycles. The Morgan fingerprint density at radius 1 is 1.00 bits per heavy atom. The molecule has 2 unspecified atom stereocenters. The molecule has 2 aromatic rings. The van der Waals surface area contributed by atoms with E-state index < -0.39 is 29.3 Å². The van der Waals surface area contributed by atoms with Crippen LogP contribution in [-0.4, -0.2) is 5.91 Å². The van der Waals surface area contributed by atoms with Gasteiger partial charge in [-0.05, 0) is 42.2 Å². The Labute approximate surface area is 134 Å². The minimum absolute atomic E-state index is 0.136. The van der Waals surface area contributed by atoms with Gasteiger partial charge in [-0.1, -0.05) is 12.1 Å². The zero-order valence-electron chi connectivity index (χ0n) is 12.2. The number of benzene rings is 2.